The first kappa shape index (κ1) is 54.4. The summed E-state index contributed by atoms with van der Waals surface area (Å²) in [5, 5.41) is 0. The molecule has 330 valence electrons. The zero-order valence-electron chi connectivity index (χ0n) is 37.6. The Labute approximate surface area is 352 Å². The molecule has 0 aliphatic heterocycles. The minimum absolute atomic E-state index is 0.0916. The molecule has 0 N–H and O–H groups in total. The van der Waals surface area contributed by atoms with Crippen molar-refractivity contribution < 1.29 is 28.6 Å². The van der Waals surface area contributed by atoms with E-state index < -0.39 is 6.10 Å². The van der Waals surface area contributed by atoms with E-state index in [-0.39, 0.29) is 37.5 Å². The summed E-state index contributed by atoms with van der Waals surface area (Å²) < 4.78 is 16.7. The van der Waals surface area contributed by atoms with Gasteiger partial charge in [-0.3, -0.25) is 14.4 Å². The first-order valence-corrected chi connectivity index (χ1v) is 24.1. The predicted octanol–water partition coefficient (Wildman–Crippen LogP) is 15.5. The maximum atomic E-state index is 12.7. The van der Waals surface area contributed by atoms with Gasteiger partial charge < -0.3 is 14.2 Å². The summed E-state index contributed by atoms with van der Waals surface area (Å²) in [4.78, 5) is 37.7. The summed E-state index contributed by atoms with van der Waals surface area (Å²) in [6, 6.07) is 0. The Bertz CT molecular complexity index is 1010. The Morgan fingerprint density at radius 3 is 1.12 bits per heavy atom. The Balaban J connectivity index is 4.42. The molecule has 0 aromatic heterocycles. The van der Waals surface area contributed by atoms with Crippen molar-refractivity contribution in [3.63, 3.8) is 0 Å². The largest absolute Gasteiger partial charge is 0.462 e. The molecule has 0 heterocycles. The molecule has 0 aromatic carbocycles. The predicted molar refractivity (Wildman–Crippen MR) is 242 cm³/mol. The molecule has 0 saturated heterocycles. The number of hydrogen-bond donors (Lipinski definition) is 0. The zero-order chi connectivity index (χ0) is 41.5. The van der Waals surface area contributed by atoms with E-state index in [1.54, 1.807) is 0 Å². The maximum absolute atomic E-state index is 12.7. The van der Waals surface area contributed by atoms with E-state index in [2.05, 4.69) is 69.4 Å². The number of hydrogen-bond acceptors (Lipinski definition) is 6. The second kappa shape index (κ2) is 46.1. The van der Waals surface area contributed by atoms with Crippen molar-refractivity contribution in [1.29, 1.82) is 0 Å². The van der Waals surface area contributed by atoms with Gasteiger partial charge in [0.25, 0.3) is 0 Å². The maximum Gasteiger partial charge on any atom is 0.306 e. The smallest absolute Gasteiger partial charge is 0.306 e. The number of carbonyl (C=O) groups is 3. The molecule has 6 nitrogen and oxygen atoms in total. The monoisotopic (exact) mass is 799 g/mol. The Morgan fingerprint density at radius 1 is 0.351 bits per heavy atom. The number of ether oxygens (including phenoxy) is 3. The second-order valence-corrected chi connectivity index (χ2v) is 16.0. The highest BCUT2D eigenvalue weighted by Gasteiger charge is 2.19. The lowest BCUT2D eigenvalue weighted by Gasteiger charge is -2.18. The van der Waals surface area contributed by atoms with Crippen molar-refractivity contribution in [1.82, 2.24) is 0 Å². The quantitative estimate of drug-likeness (QED) is 0.0265. The Kier molecular flexibility index (Phi) is 43.9. The van der Waals surface area contributed by atoms with Crippen LogP contribution < -0.4 is 0 Å². The van der Waals surface area contributed by atoms with Crippen LogP contribution in [0.1, 0.15) is 239 Å². The third-order valence-corrected chi connectivity index (χ3v) is 10.3. The third kappa shape index (κ3) is 44.3. The van der Waals surface area contributed by atoms with E-state index in [1.807, 2.05) is 0 Å². The van der Waals surface area contributed by atoms with Crippen LogP contribution in [0.4, 0.5) is 0 Å². The average Bonchev–Trinajstić information content (AvgIpc) is 3.21. The molecule has 6 heteroatoms. The van der Waals surface area contributed by atoms with Crippen LogP contribution in [0.15, 0.2) is 48.6 Å². The Morgan fingerprint density at radius 2 is 0.667 bits per heavy atom. The van der Waals surface area contributed by atoms with Gasteiger partial charge in [-0.05, 0) is 70.6 Å². The summed E-state index contributed by atoms with van der Waals surface area (Å²) >= 11 is 0. The van der Waals surface area contributed by atoms with Gasteiger partial charge in [0.1, 0.15) is 13.2 Å². The van der Waals surface area contributed by atoms with E-state index in [0.29, 0.717) is 19.3 Å². The van der Waals surface area contributed by atoms with Crippen LogP contribution in [0.2, 0.25) is 0 Å². The minimum atomic E-state index is -0.791. The lowest BCUT2D eigenvalue weighted by atomic mass is 10.1. The molecule has 0 aliphatic rings. The van der Waals surface area contributed by atoms with Gasteiger partial charge in [0.2, 0.25) is 0 Å². The van der Waals surface area contributed by atoms with Gasteiger partial charge in [0.15, 0.2) is 6.10 Å². The van der Waals surface area contributed by atoms with E-state index in [4.69, 9.17) is 14.2 Å². The zero-order valence-corrected chi connectivity index (χ0v) is 37.6. The van der Waals surface area contributed by atoms with Crippen molar-refractivity contribution in [3.05, 3.63) is 48.6 Å². The fraction of sp³-hybridized carbons (Fsp3) is 0.784. The molecule has 0 fully saturated rings. The van der Waals surface area contributed by atoms with Gasteiger partial charge in [-0.15, -0.1) is 0 Å². The molecule has 0 amide bonds. The van der Waals surface area contributed by atoms with Crippen LogP contribution in [0.5, 0.6) is 0 Å². The van der Waals surface area contributed by atoms with Crippen LogP contribution in [0, 0.1) is 0 Å². The molecule has 0 bridgehead atoms. The lowest BCUT2D eigenvalue weighted by Crippen LogP contribution is -2.30. The van der Waals surface area contributed by atoms with Crippen LogP contribution in [0.3, 0.4) is 0 Å². The number of allylic oxidation sites excluding steroid dienone is 8. The van der Waals surface area contributed by atoms with Crippen LogP contribution in [-0.4, -0.2) is 37.2 Å². The van der Waals surface area contributed by atoms with E-state index in [0.717, 1.165) is 64.2 Å². The van der Waals surface area contributed by atoms with Crippen molar-refractivity contribution in [2.75, 3.05) is 13.2 Å². The lowest BCUT2D eigenvalue weighted by molar-refractivity contribution is -0.167. The van der Waals surface area contributed by atoms with E-state index in [9.17, 15) is 14.4 Å². The SMILES string of the molecule is CCCC/C=C\CCCCCCCC(=O)OC[C@@H](COC(=O)CCC/C=C\C/C=C\C/C=C\CCCCCCCC)OC(=O)CCCCCCCCCCCCC. The van der Waals surface area contributed by atoms with Crippen molar-refractivity contribution in [2.24, 2.45) is 0 Å². The number of carbonyl (C=O) groups excluding carboxylic acids is 3. The molecule has 0 spiro atoms. The molecule has 0 aromatic rings. The summed E-state index contributed by atoms with van der Waals surface area (Å²) in [5.74, 6) is -0.954. The summed E-state index contributed by atoms with van der Waals surface area (Å²) in [6.45, 7) is 6.53. The average molecular weight is 799 g/mol. The highest BCUT2D eigenvalue weighted by atomic mass is 16.6. The normalized spacial score (nSPS) is 12.4. The number of rotatable bonds is 43. The summed E-state index contributed by atoms with van der Waals surface area (Å²) in [5.41, 5.74) is 0. The molecular weight excluding hydrogens is 709 g/mol. The van der Waals surface area contributed by atoms with E-state index in [1.165, 1.54) is 128 Å². The van der Waals surface area contributed by atoms with Crippen molar-refractivity contribution >= 4 is 17.9 Å². The highest BCUT2D eigenvalue weighted by molar-refractivity contribution is 5.71. The molecule has 0 saturated carbocycles. The van der Waals surface area contributed by atoms with Gasteiger partial charge in [-0.2, -0.15) is 0 Å². The van der Waals surface area contributed by atoms with Gasteiger partial charge in [-0.25, -0.2) is 0 Å². The minimum Gasteiger partial charge on any atom is -0.462 e. The highest BCUT2D eigenvalue weighted by Crippen LogP contribution is 2.14. The summed E-state index contributed by atoms with van der Waals surface area (Å²) in [6.07, 6.45) is 53.8. The first-order chi connectivity index (χ1) is 28.0. The standard InChI is InChI=1S/C51H90O6/c1-4-7-10-13-16-19-22-23-24-25-26-27-30-32-35-38-41-44-50(53)56-47-48(57-51(54)45-42-39-36-33-29-21-18-15-12-9-6-3)46-55-49(52)43-40-37-34-31-28-20-17-14-11-8-5-2/h14,17,23-24,26-27,32,35,48H,4-13,15-16,18-22,25,28-31,33-34,36-47H2,1-3H3/b17-14-,24-23-,27-26-,35-32-/t48-/m0/s1. The topological polar surface area (TPSA) is 78.9 Å². The van der Waals surface area contributed by atoms with Gasteiger partial charge in [0, 0.05) is 19.3 Å². The fourth-order valence-electron chi connectivity index (χ4n) is 6.61. The van der Waals surface area contributed by atoms with Crippen LogP contribution >= 0.6 is 0 Å². The fourth-order valence-corrected chi connectivity index (χ4v) is 6.61. The van der Waals surface area contributed by atoms with Gasteiger partial charge in [0.05, 0.1) is 0 Å². The molecule has 0 radical (unpaired) electrons. The van der Waals surface area contributed by atoms with Crippen molar-refractivity contribution in [3.8, 4) is 0 Å². The van der Waals surface area contributed by atoms with Crippen molar-refractivity contribution in [2.45, 2.75) is 245 Å². The molecule has 0 rings (SSSR count). The second-order valence-electron chi connectivity index (χ2n) is 16.0. The molecular formula is C51H90O6. The third-order valence-electron chi connectivity index (χ3n) is 10.3. The van der Waals surface area contributed by atoms with Crippen LogP contribution in [0.25, 0.3) is 0 Å². The first-order valence-electron chi connectivity index (χ1n) is 24.1. The molecule has 1 atom stereocenters. The van der Waals surface area contributed by atoms with Gasteiger partial charge >= 0.3 is 17.9 Å². The molecule has 0 aliphatic carbocycles. The van der Waals surface area contributed by atoms with E-state index >= 15 is 0 Å². The summed E-state index contributed by atoms with van der Waals surface area (Å²) in [7, 11) is 0. The number of unbranched alkanes of at least 4 members (excludes halogenated alkanes) is 24. The van der Waals surface area contributed by atoms with Gasteiger partial charge in [-0.1, -0.05) is 198 Å². The Hall–Kier alpha value is -2.63. The van der Waals surface area contributed by atoms with Crippen LogP contribution in [-0.2, 0) is 28.6 Å². The molecule has 57 heavy (non-hydrogen) atoms. The molecule has 0 unspecified atom stereocenters. The number of esters is 3.